The highest BCUT2D eigenvalue weighted by Crippen LogP contribution is 2.17. The van der Waals surface area contributed by atoms with Crippen LogP contribution in [0.1, 0.15) is 16.8 Å². The van der Waals surface area contributed by atoms with E-state index in [0.29, 0.717) is 6.54 Å². The molecule has 1 N–H and O–H groups in total. The standard InChI is InChI=1S/C17H16N4/c1-4-13-6-5-7-15(8-13)18-10-14-9-16-12(2)20-21(3)17(16)19-11-14/h1,5-9,11,18H,10H2,2-3H3. The Balaban J connectivity index is 1.82. The maximum Gasteiger partial charge on any atom is 0.157 e. The lowest BCUT2D eigenvalue weighted by Crippen LogP contribution is -2.00. The Bertz CT molecular complexity index is 840. The number of anilines is 1. The van der Waals surface area contributed by atoms with Crippen LogP contribution in [0.25, 0.3) is 11.0 Å². The Morgan fingerprint density at radius 1 is 1.33 bits per heavy atom. The van der Waals surface area contributed by atoms with Crippen molar-refractivity contribution < 1.29 is 0 Å². The number of aryl methyl sites for hydroxylation is 2. The van der Waals surface area contributed by atoms with Gasteiger partial charge in [-0.05, 0) is 36.8 Å². The summed E-state index contributed by atoms with van der Waals surface area (Å²) in [6.07, 6.45) is 7.29. The molecule has 0 amide bonds. The second kappa shape index (κ2) is 5.29. The zero-order chi connectivity index (χ0) is 14.8. The third kappa shape index (κ3) is 2.59. The molecule has 0 saturated carbocycles. The van der Waals surface area contributed by atoms with Gasteiger partial charge in [-0.15, -0.1) is 6.42 Å². The first-order valence-corrected chi connectivity index (χ1v) is 6.76. The van der Waals surface area contributed by atoms with Gasteiger partial charge < -0.3 is 5.32 Å². The van der Waals surface area contributed by atoms with Gasteiger partial charge in [0.1, 0.15) is 0 Å². The molecule has 0 unspecified atom stereocenters. The molecule has 0 radical (unpaired) electrons. The Labute approximate surface area is 123 Å². The van der Waals surface area contributed by atoms with E-state index in [1.807, 2.05) is 44.4 Å². The van der Waals surface area contributed by atoms with Crippen molar-refractivity contribution in [1.82, 2.24) is 14.8 Å². The van der Waals surface area contributed by atoms with Crippen molar-refractivity contribution in [3.8, 4) is 12.3 Å². The molecule has 1 aromatic carbocycles. The van der Waals surface area contributed by atoms with Crippen molar-refractivity contribution >= 4 is 16.7 Å². The van der Waals surface area contributed by atoms with Crippen molar-refractivity contribution in [2.75, 3.05) is 5.32 Å². The topological polar surface area (TPSA) is 42.7 Å². The van der Waals surface area contributed by atoms with Crippen LogP contribution >= 0.6 is 0 Å². The lowest BCUT2D eigenvalue weighted by atomic mass is 10.2. The molecule has 0 aliphatic rings. The van der Waals surface area contributed by atoms with Gasteiger partial charge in [0, 0.05) is 36.4 Å². The minimum absolute atomic E-state index is 0.700. The summed E-state index contributed by atoms with van der Waals surface area (Å²) in [5, 5.41) is 8.84. The average molecular weight is 276 g/mol. The number of nitrogens with zero attached hydrogens (tertiary/aromatic N) is 3. The SMILES string of the molecule is C#Cc1cccc(NCc2cnc3c(c2)c(C)nn3C)c1. The fraction of sp³-hybridized carbons (Fsp3) is 0.176. The number of fused-ring (bicyclic) bond motifs is 1. The summed E-state index contributed by atoms with van der Waals surface area (Å²) in [5.41, 5.74) is 4.90. The van der Waals surface area contributed by atoms with Crippen LogP contribution in [0.4, 0.5) is 5.69 Å². The predicted octanol–water partition coefficient (Wildman–Crippen LogP) is 2.87. The summed E-state index contributed by atoms with van der Waals surface area (Å²) < 4.78 is 1.80. The summed E-state index contributed by atoms with van der Waals surface area (Å²) in [4.78, 5) is 4.48. The van der Waals surface area contributed by atoms with Crippen molar-refractivity contribution in [3.05, 3.63) is 53.3 Å². The maximum absolute atomic E-state index is 5.41. The molecule has 21 heavy (non-hydrogen) atoms. The molecule has 0 spiro atoms. The van der Waals surface area contributed by atoms with Gasteiger partial charge in [-0.3, -0.25) is 4.68 Å². The highest BCUT2D eigenvalue weighted by molar-refractivity contribution is 5.78. The van der Waals surface area contributed by atoms with Crippen molar-refractivity contribution in [2.24, 2.45) is 7.05 Å². The third-order valence-corrected chi connectivity index (χ3v) is 3.45. The zero-order valence-electron chi connectivity index (χ0n) is 12.1. The molecule has 0 fully saturated rings. The number of hydrogen-bond donors (Lipinski definition) is 1. The van der Waals surface area contributed by atoms with E-state index in [-0.39, 0.29) is 0 Å². The second-order valence-corrected chi connectivity index (χ2v) is 5.00. The van der Waals surface area contributed by atoms with E-state index in [4.69, 9.17) is 6.42 Å². The maximum atomic E-state index is 5.41. The summed E-state index contributed by atoms with van der Waals surface area (Å²) in [7, 11) is 1.91. The third-order valence-electron chi connectivity index (χ3n) is 3.45. The molecule has 0 aliphatic carbocycles. The molecular weight excluding hydrogens is 260 g/mol. The number of benzene rings is 1. The van der Waals surface area contributed by atoms with Crippen molar-refractivity contribution in [1.29, 1.82) is 0 Å². The van der Waals surface area contributed by atoms with Gasteiger partial charge in [-0.1, -0.05) is 12.0 Å². The first-order chi connectivity index (χ1) is 10.2. The Kier molecular flexibility index (Phi) is 3.33. The van der Waals surface area contributed by atoms with Crippen LogP contribution in [0.15, 0.2) is 36.5 Å². The Morgan fingerprint density at radius 3 is 3.00 bits per heavy atom. The molecule has 0 aliphatic heterocycles. The summed E-state index contributed by atoms with van der Waals surface area (Å²) in [6.45, 7) is 2.70. The van der Waals surface area contributed by atoms with E-state index in [1.54, 1.807) is 4.68 Å². The fourth-order valence-electron chi connectivity index (χ4n) is 2.37. The van der Waals surface area contributed by atoms with E-state index in [1.165, 1.54) is 0 Å². The number of nitrogens with one attached hydrogen (secondary N) is 1. The van der Waals surface area contributed by atoms with Crippen LogP contribution in [0.2, 0.25) is 0 Å². The van der Waals surface area contributed by atoms with Gasteiger partial charge in [0.05, 0.1) is 5.69 Å². The molecule has 0 bridgehead atoms. The van der Waals surface area contributed by atoms with Crippen molar-refractivity contribution in [3.63, 3.8) is 0 Å². The molecule has 2 heterocycles. The number of pyridine rings is 1. The lowest BCUT2D eigenvalue weighted by Gasteiger charge is -2.07. The number of rotatable bonds is 3. The number of aromatic nitrogens is 3. The van der Waals surface area contributed by atoms with Crippen LogP contribution < -0.4 is 5.32 Å². The molecular formula is C17H16N4. The quantitative estimate of drug-likeness (QED) is 0.748. The Morgan fingerprint density at radius 2 is 2.19 bits per heavy atom. The molecule has 3 aromatic rings. The molecule has 4 heteroatoms. The van der Waals surface area contributed by atoms with Gasteiger partial charge in [-0.2, -0.15) is 5.10 Å². The van der Waals surface area contributed by atoms with Crippen LogP contribution in [0.5, 0.6) is 0 Å². The summed E-state index contributed by atoms with van der Waals surface area (Å²) >= 11 is 0. The molecule has 0 saturated heterocycles. The van der Waals surface area contributed by atoms with Crippen LogP contribution in [0.3, 0.4) is 0 Å². The van der Waals surface area contributed by atoms with E-state index in [9.17, 15) is 0 Å². The normalized spacial score (nSPS) is 10.5. The van der Waals surface area contributed by atoms with Gasteiger partial charge in [-0.25, -0.2) is 4.98 Å². The fourth-order valence-corrected chi connectivity index (χ4v) is 2.37. The van der Waals surface area contributed by atoms with Crippen LogP contribution in [-0.4, -0.2) is 14.8 Å². The highest BCUT2D eigenvalue weighted by Gasteiger charge is 2.06. The van der Waals surface area contributed by atoms with Gasteiger partial charge in [0.25, 0.3) is 0 Å². The highest BCUT2D eigenvalue weighted by atomic mass is 15.3. The van der Waals surface area contributed by atoms with E-state index >= 15 is 0 Å². The monoisotopic (exact) mass is 276 g/mol. The van der Waals surface area contributed by atoms with Crippen LogP contribution in [-0.2, 0) is 13.6 Å². The average Bonchev–Trinajstić information content (AvgIpc) is 2.80. The minimum Gasteiger partial charge on any atom is -0.381 e. The zero-order valence-corrected chi connectivity index (χ0v) is 12.1. The molecule has 2 aromatic heterocycles. The van der Waals surface area contributed by atoms with Crippen molar-refractivity contribution in [2.45, 2.75) is 13.5 Å². The molecule has 104 valence electrons. The molecule has 0 atom stereocenters. The van der Waals surface area contributed by atoms with E-state index < -0.39 is 0 Å². The van der Waals surface area contributed by atoms with Gasteiger partial charge in [0.15, 0.2) is 5.65 Å². The lowest BCUT2D eigenvalue weighted by molar-refractivity contribution is 0.773. The Hall–Kier alpha value is -2.80. The second-order valence-electron chi connectivity index (χ2n) is 5.00. The van der Waals surface area contributed by atoms with Crippen LogP contribution in [0, 0.1) is 19.3 Å². The van der Waals surface area contributed by atoms with E-state index in [0.717, 1.165) is 33.5 Å². The number of terminal acetylenes is 1. The molecule has 3 rings (SSSR count). The largest absolute Gasteiger partial charge is 0.381 e. The number of hydrogen-bond acceptors (Lipinski definition) is 3. The first-order valence-electron chi connectivity index (χ1n) is 6.76. The summed E-state index contributed by atoms with van der Waals surface area (Å²) in [5.74, 6) is 2.64. The van der Waals surface area contributed by atoms with Gasteiger partial charge in [0.2, 0.25) is 0 Å². The first kappa shape index (κ1) is 13.2. The predicted molar refractivity (Wildman–Crippen MR) is 84.9 cm³/mol. The smallest absolute Gasteiger partial charge is 0.157 e. The van der Waals surface area contributed by atoms with E-state index in [2.05, 4.69) is 27.4 Å². The molecule has 4 nitrogen and oxygen atoms in total. The minimum atomic E-state index is 0.700. The summed E-state index contributed by atoms with van der Waals surface area (Å²) in [6, 6.07) is 9.95. The van der Waals surface area contributed by atoms with Gasteiger partial charge >= 0.3 is 0 Å².